The summed E-state index contributed by atoms with van der Waals surface area (Å²) in [5, 5.41) is 6.92. The van der Waals surface area contributed by atoms with Crippen LogP contribution in [-0.2, 0) is 10.5 Å². The van der Waals surface area contributed by atoms with Crippen molar-refractivity contribution in [1.29, 1.82) is 0 Å². The first-order chi connectivity index (χ1) is 14.0. The van der Waals surface area contributed by atoms with E-state index < -0.39 is 0 Å². The van der Waals surface area contributed by atoms with Crippen LogP contribution in [0.4, 0.5) is 5.69 Å². The molecule has 0 fully saturated rings. The fraction of sp³-hybridized carbons (Fsp3) is 0.318. The molecule has 0 aliphatic heterocycles. The zero-order valence-electron chi connectivity index (χ0n) is 17.1. The zero-order chi connectivity index (χ0) is 20.8. The molecule has 29 heavy (non-hydrogen) atoms. The largest absolute Gasteiger partial charge is 0.495 e. The molecular formula is C22H25N3O3S. The molecule has 0 spiro atoms. The van der Waals surface area contributed by atoms with Crippen molar-refractivity contribution in [3.05, 3.63) is 59.5 Å². The second-order valence-electron chi connectivity index (χ2n) is 7.03. The van der Waals surface area contributed by atoms with Crippen LogP contribution in [0.2, 0.25) is 0 Å². The van der Waals surface area contributed by atoms with Gasteiger partial charge in [-0.3, -0.25) is 4.79 Å². The molecule has 0 unspecified atom stereocenters. The van der Waals surface area contributed by atoms with E-state index in [1.165, 1.54) is 17.3 Å². The van der Waals surface area contributed by atoms with Gasteiger partial charge in [0.2, 0.25) is 17.6 Å². The minimum absolute atomic E-state index is 0.108. The Morgan fingerprint density at radius 3 is 2.66 bits per heavy atom. The molecule has 3 aromatic rings. The summed E-state index contributed by atoms with van der Waals surface area (Å²) in [6, 6.07) is 13.8. The smallest absolute Gasteiger partial charge is 0.236 e. The molecule has 1 aromatic heterocycles. The van der Waals surface area contributed by atoms with Crippen LogP contribution in [0.1, 0.15) is 36.8 Å². The summed E-state index contributed by atoms with van der Waals surface area (Å²) >= 11 is 1.42. The lowest BCUT2D eigenvalue weighted by Gasteiger charge is -2.10. The van der Waals surface area contributed by atoms with Crippen molar-refractivity contribution < 1.29 is 14.1 Å². The molecule has 3 rings (SSSR count). The fourth-order valence-corrected chi connectivity index (χ4v) is 3.44. The monoisotopic (exact) mass is 411 g/mol. The summed E-state index contributed by atoms with van der Waals surface area (Å²) in [5.41, 5.74) is 3.90. The van der Waals surface area contributed by atoms with Crippen LogP contribution in [0.3, 0.4) is 0 Å². The van der Waals surface area contributed by atoms with E-state index in [0.29, 0.717) is 34.8 Å². The third-order valence-electron chi connectivity index (χ3n) is 4.39. The van der Waals surface area contributed by atoms with E-state index in [2.05, 4.69) is 41.4 Å². The van der Waals surface area contributed by atoms with Crippen LogP contribution in [0.15, 0.2) is 47.0 Å². The van der Waals surface area contributed by atoms with Gasteiger partial charge in [0, 0.05) is 5.56 Å². The van der Waals surface area contributed by atoms with Gasteiger partial charge in [0.05, 0.1) is 24.3 Å². The third kappa shape index (κ3) is 5.60. The van der Waals surface area contributed by atoms with Crippen molar-refractivity contribution in [2.45, 2.75) is 32.4 Å². The summed E-state index contributed by atoms with van der Waals surface area (Å²) in [7, 11) is 1.58. The molecule has 6 nitrogen and oxygen atoms in total. The van der Waals surface area contributed by atoms with Gasteiger partial charge in [-0.25, -0.2) is 0 Å². The van der Waals surface area contributed by atoms with Crippen molar-refractivity contribution >= 4 is 23.4 Å². The highest BCUT2D eigenvalue weighted by molar-refractivity contribution is 7.99. The van der Waals surface area contributed by atoms with Gasteiger partial charge >= 0.3 is 0 Å². The molecule has 1 amide bonds. The first-order valence-electron chi connectivity index (χ1n) is 9.41. The number of anilines is 1. The highest BCUT2D eigenvalue weighted by atomic mass is 32.2. The van der Waals surface area contributed by atoms with Crippen molar-refractivity contribution in [1.82, 2.24) is 10.1 Å². The maximum atomic E-state index is 12.2. The Morgan fingerprint density at radius 2 is 1.97 bits per heavy atom. The number of hydrogen-bond donors (Lipinski definition) is 1. The van der Waals surface area contributed by atoms with E-state index in [1.54, 1.807) is 7.11 Å². The van der Waals surface area contributed by atoms with Gasteiger partial charge in [-0.15, -0.1) is 11.8 Å². The molecule has 7 heteroatoms. The van der Waals surface area contributed by atoms with Crippen molar-refractivity contribution in [3.8, 4) is 17.1 Å². The van der Waals surface area contributed by atoms with Gasteiger partial charge in [-0.2, -0.15) is 4.98 Å². The number of nitrogens with one attached hydrogen (secondary N) is 1. The van der Waals surface area contributed by atoms with E-state index in [-0.39, 0.29) is 11.7 Å². The predicted octanol–water partition coefficient (Wildman–Crippen LogP) is 5.05. The number of benzene rings is 2. The molecule has 0 aliphatic rings. The Kier molecular flexibility index (Phi) is 6.93. The maximum Gasteiger partial charge on any atom is 0.236 e. The second kappa shape index (κ2) is 9.60. The van der Waals surface area contributed by atoms with E-state index in [9.17, 15) is 4.79 Å². The van der Waals surface area contributed by atoms with Gasteiger partial charge in [-0.1, -0.05) is 49.3 Å². The first-order valence-corrected chi connectivity index (χ1v) is 10.6. The van der Waals surface area contributed by atoms with E-state index in [4.69, 9.17) is 9.26 Å². The molecule has 0 bridgehead atoms. The lowest BCUT2D eigenvalue weighted by Crippen LogP contribution is -2.15. The van der Waals surface area contributed by atoms with Crippen LogP contribution in [-0.4, -0.2) is 28.9 Å². The summed E-state index contributed by atoms with van der Waals surface area (Å²) in [4.78, 5) is 16.7. The van der Waals surface area contributed by atoms with Gasteiger partial charge in [0.1, 0.15) is 5.75 Å². The van der Waals surface area contributed by atoms with Gasteiger partial charge in [0.15, 0.2) is 0 Å². The Morgan fingerprint density at radius 1 is 1.21 bits per heavy atom. The van der Waals surface area contributed by atoms with E-state index in [0.717, 1.165) is 11.1 Å². The zero-order valence-corrected chi connectivity index (χ0v) is 17.9. The Hall–Kier alpha value is -2.80. The summed E-state index contributed by atoms with van der Waals surface area (Å²) in [6.07, 6.45) is 0. The van der Waals surface area contributed by atoms with Gasteiger partial charge in [0.25, 0.3) is 0 Å². The molecule has 0 radical (unpaired) electrons. The number of aromatic nitrogens is 2. The summed E-state index contributed by atoms with van der Waals surface area (Å²) in [5.74, 6) is 2.81. The number of thioether (sulfide) groups is 1. The lowest BCUT2D eigenvalue weighted by molar-refractivity contribution is -0.113. The number of methoxy groups -OCH3 is 1. The predicted molar refractivity (Wildman–Crippen MR) is 116 cm³/mol. The van der Waals surface area contributed by atoms with Crippen LogP contribution in [0, 0.1) is 6.92 Å². The lowest BCUT2D eigenvalue weighted by atomic mass is 10.0. The van der Waals surface area contributed by atoms with Gasteiger partial charge < -0.3 is 14.6 Å². The highest BCUT2D eigenvalue weighted by Crippen LogP contribution is 2.26. The topological polar surface area (TPSA) is 77.2 Å². The van der Waals surface area contributed by atoms with Crippen LogP contribution < -0.4 is 10.1 Å². The third-order valence-corrected chi connectivity index (χ3v) is 5.31. The standard InChI is InChI=1S/C22H25N3O3S/c1-14(2)16-6-8-17(9-7-16)22-24-21(28-25-22)13-29-12-20(26)23-18-11-15(3)5-10-19(18)27-4/h5-11,14H,12-13H2,1-4H3,(H,23,26). The number of hydrogen-bond acceptors (Lipinski definition) is 6. The molecule has 1 N–H and O–H groups in total. The number of aryl methyl sites for hydroxylation is 1. The molecule has 0 saturated heterocycles. The number of carbonyl (C=O) groups excluding carboxylic acids is 1. The van der Waals surface area contributed by atoms with Crippen molar-refractivity contribution in [3.63, 3.8) is 0 Å². The van der Waals surface area contributed by atoms with Crippen molar-refractivity contribution in [2.24, 2.45) is 0 Å². The molecule has 0 saturated carbocycles. The Labute approximate surface area is 175 Å². The quantitative estimate of drug-likeness (QED) is 0.559. The molecule has 152 valence electrons. The molecule has 1 heterocycles. The summed E-state index contributed by atoms with van der Waals surface area (Å²) < 4.78 is 10.6. The normalized spacial score (nSPS) is 10.9. The SMILES string of the molecule is COc1ccc(C)cc1NC(=O)CSCc1nc(-c2ccc(C(C)C)cc2)no1. The first kappa shape index (κ1) is 20.9. The number of carbonyl (C=O) groups is 1. The number of rotatable bonds is 8. The molecule has 0 atom stereocenters. The number of ether oxygens (including phenoxy) is 1. The minimum atomic E-state index is -0.108. The van der Waals surface area contributed by atoms with E-state index in [1.807, 2.05) is 37.3 Å². The highest BCUT2D eigenvalue weighted by Gasteiger charge is 2.12. The van der Waals surface area contributed by atoms with E-state index >= 15 is 0 Å². The van der Waals surface area contributed by atoms with Crippen LogP contribution in [0.5, 0.6) is 5.75 Å². The van der Waals surface area contributed by atoms with Crippen LogP contribution >= 0.6 is 11.8 Å². The van der Waals surface area contributed by atoms with Gasteiger partial charge in [-0.05, 0) is 36.1 Å². The minimum Gasteiger partial charge on any atom is -0.495 e. The average molecular weight is 412 g/mol. The molecule has 2 aromatic carbocycles. The fourth-order valence-electron chi connectivity index (χ4n) is 2.78. The maximum absolute atomic E-state index is 12.2. The Bertz CT molecular complexity index is 968. The average Bonchev–Trinajstić information content (AvgIpc) is 3.17. The number of amides is 1. The summed E-state index contributed by atoms with van der Waals surface area (Å²) in [6.45, 7) is 6.28. The Balaban J connectivity index is 1.52. The van der Waals surface area contributed by atoms with Crippen molar-refractivity contribution in [2.75, 3.05) is 18.2 Å². The molecule has 0 aliphatic carbocycles. The second-order valence-corrected chi connectivity index (χ2v) is 8.02. The number of nitrogens with zero attached hydrogens (tertiary/aromatic N) is 2. The van der Waals surface area contributed by atoms with Crippen LogP contribution in [0.25, 0.3) is 11.4 Å². The molecular weight excluding hydrogens is 386 g/mol.